The monoisotopic (exact) mass is 459 g/mol. The Bertz CT molecular complexity index is 1240. The van der Waals surface area contributed by atoms with Crippen LogP contribution < -0.4 is 0 Å². The Morgan fingerprint density at radius 3 is 2.64 bits per heavy atom. The number of benzene rings is 2. The lowest BCUT2D eigenvalue weighted by atomic mass is 9.97. The van der Waals surface area contributed by atoms with Crippen molar-refractivity contribution in [2.75, 3.05) is 7.11 Å². The summed E-state index contributed by atoms with van der Waals surface area (Å²) < 4.78 is 4.79. The predicted octanol–water partition coefficient (Wildman–Crippen LogP) is 6.71. The minimum atomic E-state index is -0.696. The van der Waals surface area contributed by atoms with Crippen molar-refractivity contribution in [1.29, 1.82) is 0 Å². The van der Waals surface area contributed by atoms with E-state index in [1.165, 1.54) is 13.2 Å². The van der Waals surface area contributed by atoms with Gasteiger partial charge in [0, 0.05) is 10.4 Å². The summed E-state index contributed by atoms with van der Waals surface area (Å²) >= 11 is 6.08. The van der Waals surface area contributed by atoms with E-state index in [-0.39, 0.29) is 0 Å². The molecule has 0 aliphatic carbocycles. The molecule has 1 N–H and O–H groups in total. The van der Waals surface area contributed by atoms with E-state index < -0.39 is 12.1 Å². The molecule has 0 saturated carbocycles. The number of carbonyl (C=O) groups is 1. The zero-order valence-corrected chi connectivity index (χ0v) is 19.3. The molecule has 0 bridgehead atoms. The number of allylic oxidation sites excluding steroid dienone is 2. The predicted molar refractivity (Wildman–Crippen MR) is 136 cm³/mol. The number of rotatable bonds is 9. The molecule has 1 aromatic heterocycles. The molecule has 5 heteroatoms. The van der Waals surface area contributed by atoms with Gasteiger partial charge in [-0.3, -0.25) is 0 Å². The summed E-state index contributed by atoms with van der Waals surface area (Å²) in [5.41, 5.74) is 4.44. The second-order valence-corrected chi connectivity index (χ2v) is 7.91. The Morgan fingerprint density at radius 2 is 1.91 bits per heavy atom. The van der Waals surface area contributed by atoms with E-state index in [9.17, 15) is 9.90 Å². The number of fused-ring (bicyclic) bond motifs is 1. The average molecular weight is 460 g/mol. The summed E-state index contributed by atoms with van der Waals surface area (Å²) in [7, 11) is 1.32. The van der Waals surface area contributed by atoms with E-state index in [1.54, 1.807) is 6.08 Å². The summed E-state index contributed by atoms with van der Waals surface area (Å²) in [6.07, 6.45) is 7.13. The summed E-state index contributed by atoms with van der Waals surface area (Å²) in [5, 5.41) is 12.4. The first-order chi connectivity index (χ1) is 15.9. The first-order valence-corrected chi connectivity index (χ1v) is 10.9. The van der Waals surface area contributed by atoms with E-state index in [0.717, 1.165) is 27.7 Å². The van der Waals surface area contributed by atoms with Gasteiger partial charge in [-0.2, -0.15) is 0 Å². The van der Waals surface area contributed by atoms with Crippen molar-refractivity contribution < 1.29 is 14.6 Å². The van der Waals surface area contributed by atoms with Crippen molar-refractivity contribution in [3.05, 3.63) is 113 Å². The minimum Gasteiger partial charge on any atom is -0.465 e. The Kier molecular flexibility index (Phi) is 8.36. The van der Waals surface area contributed by atoms with Crippen LogP contribution in [0.1, 0.15) is 35.8 Å². The normalized spacial score (nSPS) is 12.9. The van der Waals surface area contributed by atoms with Gasteiger partial charge >= 0.3 is 5.97 Å². The summed E-state index contributed by atoms with van der Waals surface area (Å²) in [6.45, 7) is 7.44. The number of hydrogen-bond acceptors (Lipinski definition) is 4. The quantitative estimate of drug-likeness (QED) is 0.219. The number of aliphatic hydroxyl groups excluding tert-OH is 1. The van der Waals surface area contributed by atoms with Crippen LogP contribution in [0.2, 0.25) is 5.02 Å². The third kappa shape index (κ3) is 6.28. The topological polar surface area (TPSA) is 59.4 Å². The highest BCUT2D eigenvalue weighted by Gasteiger charge is 2.14. The lowest BCUT2D eigenvalue weighted by Crippen LogP contribution is -2.06. The Labute approximate surface area is 199 Å². The molecule has 1 heterocycles. The molecule has 4 nitrogen and oxygen atoms in total. The molecule has 0 unspecified atom stereocenters. The third-order valence-electron chi connectivity index (χ3n) is 5.31. The largest absolute Gasteiger partial charge is 0.465 e. The molecule has 0 saturated heterocycles. The first kappa shape index (κ1) is 24.2. The maximum atomic E-state index is 11.9. The standard InChI is InChI=1S/C28H26ClNO3/c1-4-20(25(5-2)28(32)33-3)12-16-27(31)22-8-6-7-19(17-22)9-14-24-15-11-21-10-13-23(29)18-26(21)30-24/h4-11,13-15,17-18,27,31H,1-2,12,16H2,3H3/b14-9+,25-20-/t27-/m0/s1. The maximum Gasteiger partial charge on any atom is 0.338 e. The fourth-order valence-electron chi connectivity index (χ4n) is 3.51. The van der Waals surface area contributed by atoms with Gasteiger partial charge in [0.05, 0.1) is 30.0 Å². The average Bonchev–Trinajstić information content (AvgIpc) is 2.84. The second kappa shape index (κ2) is 11.4. The number of aromatic nitrogens is 1. The van der Waals surface area contributed by atoms with Gasteiger partial charge in [-0.05, 0) is 59.9 Å². The van der Waals surface area contributed by atoms with Crippen LogP contribution in [-0.2, 0) is 9.53 Å². The number of esters is 1. The van der Waals surface area contributed by atoms with Crippen LogP contribution in [0.4, 0.5) is 0 Å². The maximum absolute atomic E-state index is 11.9. The summed E-state index contributed by atoms with van der Waals surface area (Å²) in [4.78, 5) is 16.5. The number of aliphatic hydroxyl groups is 1. The molecule has 33 heavy (non-hydrogen) atoms. The zero-order valence-electron chi connectivity index (χ0n) is 18.5. The smallest absolute Gasteiger partial charge is 0.338 e. The highest BCUT2D eigenvalue weighted by molar-refractivity contribution is 6.31. The van der Waals surface area contributed by atoms with Crippen LogP contribution in [0, 0.1) is 0 Å². The van der Waals surface area contributed by atoms with Crippen molar-refractivity contribution in [1.82, 2.24) is 4.98 Å². The number of nitrogens with zero attached hydrogens (tertiary/aromatic N) is 1. The summed E-state index contributed by atoms with van der Waals surface area (Å²) in [6, 6.07) is 17.3. The highest BCUT2D eigenvalue weighted by atomic mass is 35.5. The first-order valence-electron chi connectivity index (χ1n) is 10.5. The van der Waals surface area contributed by atoms with Gasteiger partial charge in [0.25, 0.3) is 0 Å². The molecular weight excluding hydrogens is 434 g/mol. The third-order valence-corrected chi connectivity index (χ3v) is 5.54. The molecule has 3 rings (SSSR count). The van der Waals surface area contributed by atoms with Crippen molar-refractivity contribution >= 4 is 40.6 Å². The molecular formula is C28H26ClNO3. The minimum absolute atomic E-state index is 0.362. The lowest BCUT2D eigenvalue weighted by molar-refractivity contribution is -0.135. The van der Waals surface area contributed by atoms with Gasteiger partial charge in [-0.15, -0.1) is 0 Å². The zero-order chi connectivity index (χ0) is 23.8. The molecule has 1 atom stereocenters. The SMILES string of the molecule is C=C/C(CC[C@H](O)c1cccc(/C=C/c2ccc3ccc(Cl)cc3n2)c1)=C(\C=C)C(=O)OC. The van der Waals surface area contributed by atoms with E-state index >= 15 is 0 Å². The fraction of sp³-hybridized carbons (Fsp3) is 0.143. The van der Waals surface area contributed by atoms with E-state index in [2.05, 4.69) is 18.1 Å². The van der Waals surface area contributed by atoms with Crippen molar-refractivity contribution in [2.45, 2.75) is 18.9 Å². The molecule has 168 valence electrons. The molecule has 0 spiro atoms. The van der Waals surface area contributed by atoms with Gasteiger partial charge in [-0.1, -0.05) is 73.3 Å². The van der Waals surface area contributed by atoms with Crippen molar-refractivity contribution in [3.63, 3.8) is 0 Å². The lowest BCUT2D eigenvalue weighted by Gasteiger charge is -2.13. The van der Waals surface area contributed by atoms with E-state index in [4.69, 9.17) is 16.3 Å². The molecule has 0 radical (unpaired) electrons. The highest BCUT2D eigenvalue weighted by Crippen LogP contribution is 2.25. The van der Waals surface area contributed by atoms with Crippen LogP contribution in [0.5, 0.6) is 0 Å². The number of pyridine rings is 1. The Balaban J connectivity index is 1.73. The fourth-order valence-corrected chi connectivity index (χ4v) is 3.68. The van der Waals surface area contributed by atoms with Crippen LogP contribution in [0.15, 0.2) is 91.1 Å². The summed E-state index contributed by atoms with van der Waals surface area (Å²) in [5.74, 6) is -0.467. The van der Waals surface area contributed by atoms with E-state index in [0.29, 0.717) is 29.0 Å². The van der Waals surface area contributed by atoms with Crippen LogP contribution in [0.3, 0.4) is 0 Å². The number of hydrogen-bond donors (Lipinski definition) is 1. The van der Waals surface area contributed by atoms with Gasteiger partial charge in [0.2, 0.25) is 0 Å². The Morgan fingerprint density at radius 1 is 1.12 bits per heavy atom. The number of carbonyl (C=O) groups excluding carboxylic acids is 1. The van der Waals surface area contributed by atoms with Gasteiger partial charge in [-0.25, -0.2) is 9.78 Å². The number of methoxy groups -OCH3 is 1. The molecule has 0 fully saturated rings. The van der Waals surface area contributed by atoms with Gasteiger partial charge in [0.15, 0.2) is 0 Å². The molecule has 0 aliphatic heterocycles. The number of halogens is 1. The van der Waals surface area contributed by atoms with Crippen molar-refractivity contribution in [2.24, 2.45) is 0 Å². The molecule has 2 aromatic carbocycles. The van der Waals surface area contributed by atoms with Gasteiger partial charge < -0.3 is 9.84 Å². The number of ether oxygens (including phenoxy) is 1. The van der Waals surface area contributed by atoms with Gasteiger partial charge in [0.1, 0.15) is 0 Å². The van der Waals surface area contributed by atoms with Crippen LogP contribution in [0.25, 0.3) is 23.1 Å². The molecule has 3 aromatic rings. The Hall–Kier alpha value is -3.47. The molecule has 0 aliphatic rings. The van der Waals surface area contributed by atoms with E-state index in [1.807, 2.05) is 66.7 Å². The molecule has 0 amide bonds. The van der Waals surface area contributed by atoms with Crippen LogP contribution >= 0.6 is 11.6 Å². The van der Waals surface area contributed by atoms with Crippen LogP contribution in [-0.4, -0.2) is 23.2 Å². The van der Waals surface area contributed by atoms with Crippen molar-refractivity contribution in [3.8, 4) is 0 Å². The second-order valence-electron chi connectivity index (χ2n) is 7.47.